The molecule has 0 bridgehead atoms. The van der Waals surface area contributed by atoms with Gasteiger partial charge in [0, 0.05) is 7.11 Å². The van der Waals surface area contributed by atoms with Gasteiger partial charge in [0.15, 0.2) is 0 Å². The number of methoxy groups -OCH3 is 1. The third kappa shape index (κ3) is 5.74. The predicted molar refractivity (Wildman–Crippen MR) is 112 cm³/mol. The van der Waals surface area contributed by atoms with E-state index < -0.39 is 0 Å². The van der Waals surface area contributed by atoms with Gasteiger partial charge in [0.25, 0.3) is 0 Å². The molecule has 2 rings (SSSR count). The van der Waals surface area contributed by atoms with Gasteiger partial charge in [0.1, 0.15) is 0 Å². The maximum atomic E-state index is 5.73. The van der Waals surface area contributed by atoms with E-state index in [4.69, 9.17) is 4.74 Å². The van der Waals surface area contributed by atoms with E-state index in [2.05, 4.69) is 78.4 Å². The molecule has 0 aliphatic rings. The van der Waals surface area contributed by atoms with Crippen LogP contribution in [0.5, 0.6) is 0 Å². The molecule has 24 heavy (non-hydrogen) atoms. The molecule has 1 nitrogen and oxygen atoms in total. The molecule has 0 saturated carbocycles. The fourth-order valence-electron chi connectivity index (χ4n) is 2.42. The lowest BCUT2D eigenvalue weighted by atomic mass is 9.84. The first-order valence-electron chi connectivity index (χ1n) is 8.12. The maximum absolute atomic E-state index is 5.73. The van der Waals surface area contributed by atoms with E-state index in [1.54, 1.807) is 19.3 Å². The van der Waals surface area contributed by atoms with Gasteiger partial charge >= 0.3 is 0 Å². The van der Waals surface area contributed by atoms with Gasteiger partial charge in [-0.1, -0.05) is 74.7 Å². The molecule has 0 amide bonds. The van der Waals surface area contributed by atoms with Crippen molar-refractivity contribution < 1.29 is 4.74 Å². The second kappa shape index (κ2) is 10.2. The third-order valence-electron chi connectivity index (χ3n) is 4.21. The summed E-state index contributed by atoms with van der Waals surface area (Å²) in [5, 5.41) is 2.53. The summed E-state index contributed by atoms with van der Waals surface area (Å²) in [5.74, 6) is 0. The number of ether oxygens (including phenoxy) is 1. The van der Waals surface area contributed by atoms with Gasteiger partial charge in [-0.15, -0.1) is 15.8 Å². The maximum Gasteiger partial charge on any atom is 0.0829 e. The Morgan fingerprint density at radius 3 is 2.21 bits per heavy atom. The first-order chi connectivity index (χ1) is 11.5. The zero-order valence-electron chi connectivity index (χ0n) is 14.9. The Kier molecular flexibility index (Phi) is 8.68. The topological polar surface area (TPSA) is 9.23 Å². The SMILES string of the molecule is C=CC=C.C=C[C@@](C)(CP)CC(OC)c1ccc2ccccc2c1. The summed E-state index contributed by atoms with van der Waals surface area (Å²) in [6.07, 6.45) is 7.34. The molecule has 0 heterocycles. The Morgan fingerprint density at radius 2 is 1.71 bits per heavy atom. The van der Waals surface area contributed by atoms with Gasteiger partial charge in [0.05, 0.1) is 6.10 Å². The molecule has 0 fully saturated rings. The molecule has 2 heteroatoms. The number of hydrogen-bond donors (Lipinski definition) is 0. The largest absolute Gasteiger partial charge is 0.377 e. The molecule has 0 spiro atoms. The zero-order chi connectivity index (χ0) is 18.0. The van der Waals surface area contributed by atoms with E-state index in [0.717, 1.165) is 12.6 Å². The molecule has 0 radical (unpaired) electrons. The van der Waals surface area contributed by atoms with E-state index >= 15 is 0 Å². The highest BCUT2D eigenvalue weighted by Crippen LogP contribution is 2.35. The second-order valence-electron chi connectivity index (χ2n) is 6.07. The summed E-state index contributed by atoms with van der Waals surface area (Å²) >= 11 is 0. The molecule has 3 atom stereocenters. The highest BCUT2D eigenvalue weighted by Gasteiger charge is 2.24. The van der Waals surface area contributed by atoms with Crippen molar-refractivity contribution >= 4 is 20.0 Å². The second-order valence-corrected chi connectivity index (χ2v) is 6.48. The Morgan fingerprint density at radius 1 is 1.08 bits per heavy atom. The van der Waals surface area contributed by atoms with Crippen molar-refractivity contribution in [2.75, 3.05) is 13.3 Å². The molecule has 0 aliphatic heterocycles. The number of hydrogen-bond acceptors (Lipinski definition) is 1. The van der Waals surface area contributed by atoms with E-state index in [9.17, 15) is 0 Å². The van der Waals surface area contributed by atoms with E-state index in [-0.39, 0.29) is 11.5 Å². The third-order valence-corrected chi connectivity index (χ3v) is 5.14. The lowest BCUT2D eigenvalue weighted by molar-refractivity contribution is 0.0733. The fraction of sp³-hybridized carbons (Fsp3) is 0.273. The Hall–Kier alpha value is -1.69. The van der Waals surface area contributed by atoms with Crippen molar-refractivity contribution in [3.8, 4) is 0 Å². The van der Waals surface area contributed by atoms with Crippen LogP contribution in [-0.4, -0.2) is 13.3 Å². The summed E-state index contributed by atoms with van der Waals surface area (Å²) in [6, 6.07) is 15.0. The van der Waals surface area contributed by atoms with Crippen LogP contribution in [0, 0.1) is 5.41 Å². The van der Waals surface area contributed by atoms with Crippen molar-refractivity contribution in [3.05, 3.63) is 86.0 Å². The Bertz CT molecular complexity index is 670. The van der Waals surface area contributed by atoms with Crippen molar-refractivity contribution in [2.24, 2.45) is 5.41 Å². The van der Waals surface area contributed by atoms with Gasteiger partial charge in [-0.05, 0) is 40.4 Å². The quantitative estimate of drug-likeness (QED) is 0.324. The Labute approximate surface area is 149 Å². The minimum Gasteiger partial charge on any atom is -0.377 e. The summed E-state index contributed by atoms with van der Waals surface area (Å²) in [4.78, 5) is 0. The molecular weight excluding hydrogens is 311 g/mol. The molecule has 2 aromatic carbocycles. The first-order valence-corrected chi connectivity index (χ1v) is 8.93. The van der Waals surface area contributed by atoms with Crippen LogP contribution in [0.2, 0.25) is 0 Å². The molecule has 2 unspecified atom stereocenters. The predicted octanol–water partition coefficient (Wildman–Crippen LogP) is 6.34. The smallest absolute Gasteiger partial charge is 0.0829 e. The standard InChI is InChI=1S/C18H23OP.C4H6/c1-4-18(2,13-20)12-17(19-3)16-10-9-14-7-5-6-8-15(14)11-16;1-3-4-2/h4-11,17H,1,12-13,20H2,2-3H3;3-4H,1-2H2/t17?,18-;/m1./s1. The highest BCUT2D eigenvalue weighted by molar-refractivity contribution is 7.16. The number of allylic oxidation sites excluding steroid dienone is 3. The summed E-state index contributed by atoms with van der Waals surface area (Å²) in [5.41, 5.74) is 1.31. The van der Waals surface area contributed by atoms with Crippen LogP contribution in [-0.2, 0) is 4.74 Å². The summed E-state index contributed by atoms with van der Waals surface area (Å²) in [6.45, 7) is 12.9. The molecule has 0 aromatic heterocycles. The average Bonchev–Trinajstić information content (AvgIpc) is 2.65. The van der Waals surface area contributed by atoms with Gasteiger partial charge in [-0.3, -0.25) is 0 Å². The van der Waals surface area contributed by atoms with Gasteiger partial charge in [0.2, 0.25) is 0 Å². The zero-order valence-corrected chi connectivity index (χ0v) is 16.0. The van der Waals surface area contributed by atoms with Crippen LogP contribution in [0.3, 0.4) is 0 Å². The number of fused-ring (bicyclic) bond motifs is 1. The molecule has 0 N–H and O–H groups in total. The Balaban J connectivity index is 0.000000648. The number of benzene rings is 2. The lowest BCUT2D eigenvalue weighted by Crippen LogP contribution is -2.20. The van der Waals surface area contributed by atoms with E-state index in [1.807, 2.05) is 6.08 Å². The molecular formula is C22H29OP. The van der Waals surface area contributed by atoms with Gasteiger partial charge < -0.3 is 4.74 Å². The summed E-state index contributed by atoms with van der Waals surface area (Å²) < 4.78 is 5.73. The lowest BCUT2D eigenvalue weighted by Gasteiger charge is -2.29. The minimum absolute atomic E-state index is 0.0803. The normalized spacial score (nSPS) is 14.0. The highest BCUT2D eigenvalue weighted by atomic mass is 31.0. The average molecular weight is 340 g/mol. The van der Waals surface area contributed by atoms with Crippen molar-refractivity contribution in [3.63, 3.8) is 0 Å². The fourth-order valence-corrected chi connectivity index (χ4v) is 2.75. The first kappa shape index (κ1) is 20.4. The van der Waals surface area contributed by atoms with Crippen molar-refractivity contribution in [2.45, 2.75) is 19.4 Å². The van der Waals surface area contributed by atoms with Crippen LogP contribution >= 0.6 is 9.24 Å². The van der Waals surface area contributed by atoms with Gasteiger partial charge in [-0.25, -0.2) is 0 Å². The van der Waals surface area contributed by atoms with Gasteiger partial charge in [-0.2, -0.15) is 0 Å². The van der Waals surface area contributed by atoms with Crippen molar-refractivity contribution in [1.82, 2.24) is 0 Å². The van der Waals surface area contributed by atoms with Crippen LogP contribution in [0.15, 0.2) is 80.4 Å². The molecule has 0 aliphatic carbocycles. The van der Waals surface area contributed by atoms with Crippen LogP contribution in [0.25, 0.3) is 10.8 Å². The number of rotatable bonds is 7. The molecule has 2 aromatic rings. The monoisotopic (exact) mass is 340 g/mol. The van der Waals surface area contributed by atoms with Crippen molar-refractivity contribution in [1.29, 1.82) is 0 Å². The summed E-state index contributed by atoms with van der Waals surface area (Å²) in [7, 11) is 4.60. The molecule has 0 saturated heterocycles. The van der Waals surface area contributed by atoms with Crippen LogP contribution in [0.1, 0.15) is 25.0 Å². The molecule has 128 valence electrons. The van der Waals surface area contributed by atoms with E-state index in [0.29, 0.717) is 0 Å². The minimum atomic E-state index is 0.0803. The van der Waals surface area contributed by atoms with E-state index in [1.165, 1.54) is 16.3 Å². The van der Waals surface area contributed by atoms with Crippen LogP contribution < -0.4 is 0 Å². The van der Waals surface area contributed by atoms with Crippen LogP contribution in [0.4, 0.5) is 0 Å².